The molecule has 2 N–H and O–H groups in total. The maximum absolute atomic E-state index is 5.99. The summed E-state index contributed by atoms with van der Waals surface area (Å²) in [7, 11) is 0. The van der Waals surface area contributed by atoms with Crippen LogP contribution in [-0.2, 0) is 6.54 Å². The average molecular weight is 237 g/mol. The van der Waals surface area contributed by atoms with E-state index >= 15 is 0 Å². The predicted molar refractivity (Wildman–Crippen MR) is 74.4 cm³/mol. The Bertz CT molecular complexity index is 693. The topological polar surface area (TPSA) is 43.8 Å². The Kier molecular flexibility index (Phi) is 2.52. The van der Waals surface area contributed by atoms with Gasteiger partial charge in [-0.1, -0.05) is 42.5 Å². The fourth-order valence-corrected chi connectivity index (χ4v) is 2.21. The van der Waals surface area contributed by atoms with Crippen molar-refractivity contribution in [2.45, 2.75) is 13.5 Å². The minimum absolute atomic E-state index is 0.709. The first-order valence-corrected chi connectivity index (χ1v) is 6.00. The summed E-state index contributed by atoms with van der Waals surface area (Å²) in [5.74, 6) is 0.739. The molecule has 18 heavy (non-hydrogen) atoms. The molecule has 0 aliphatic carbocycles. The van der Waals surface area contributed by atoms with Gasteiger partial charge in [0.05, 0.1) is 12.7 Å². The minimum Gasteiger partial charge on any atom is -0.384 e. The smallest absolute Gasteiger partial charge is 0.124 e. The van der Waals surface area contributed by atoms with Crippen LogP contribution in [0.5, 0.6) is 0 Å². The van der Waals surface area contributed by atoms with Crippen molar-refractivity contribution in [1.29, 1.82) is 0 Å². The number of nitrogens with zero attached hydrogens (tertiary/aromatic N) is 2. The fraction of sp³-hybridized carbons (Fsp3) is 0.133. The number of anilines is 1. The first kappa shape index (κ1) is 10.8. The lowest BCUT2D eigenvalue weighted by Gasteiger charge is -2.08. The third-order valence-corrected chi connectivity index (χ3v) is 3.27. The Morgan fingerprint density at radius 1 is 1.11 bits per heavy atom. The molecule has 3 aromatic rings. The second-order valence-corrected chi connectivity index (χ2v) is 4.51. The van der Waals surface area contributed by atoms with Crippen LogP contribution in [0.3, 0.4) is 0 Å². The molecule has 2 aromatic carbocycles. The van der Waals surface area contributed by atoms with Crippen LogP contribution >= 0.6 is 0 Å². The molecule has 0 bridgehead atoms. The van der Waals surface area contributed by atoms with Crippen LogP contribution in [0.1, 0.15) is 11.1 Å². The molecule has 0 atom stereocenters. The second kappa shape index (κ2) is 4.18. The zero-order chi connectivity index (χ0) is 12.5. The molecule has 0 aliphatic rings. The molecule has 3 nitrogen and oxygen atoms in total. The summed E-state index contributed by atoms with van der Waals surface area (Å²) in [6.07, 6.45) is 1.81. The van der Waals surface area contributed by atoms with E-state index in [4.69, 9.17) is 5.73 Å². The largest absolute Gasteiger partial charge is 0.384 e. The summed E-state index contributed by atoms with van der Waals surface area (Å²) in [5.41, 5.74) is 8.26. The molecule has 0 amide bonds. The Hall–Kier alpha value is -2.29. The van der Waals surface area contributed by atoms with Gasteiger partial charge in [-0.2, -0.15) is 5.10 Å². The molecule has 90 valence electrons. The van der Waals surface area contributed by atoms with Crippen molar-refractivity contribution >= 4 is 16.6 Å². The van der Waals surface area contributed by atoms with Crippen LogP contribution in [0.25, 0.3) is 10.8 Å². The highest BCUT2D eigenvalue weighted by molar-refractivity contribution is 5.85. The SMILES string of the molecule is Cc1cnn(Cc2cccc3ccccc23)c1N. The first-order chi connectivity index (χ1) is 8.75. The number of aromatic nitrogens is 2. The number of hydrogen-bond donors (Lipinski definition) is 1. The number of hydrogen-bond acceptors (Lipinski definition) is 2. The molecule has 0 aliphatic heterocycles. The first-order valence-electron chi connectivity index (χ1n) is 6.00. The molecule has 0 unspecified atom stereocenters. The number of nitrogen functional groups attached to an aromatic ring is 1. The van der Waals surface area contributed by atoms with Gasteiger partial charge >= 0.3 is 0 Å². The van der Waals surface area contributed by atoms with Crippen LogP contribution in [-0.4, -0.2) is 9.78 Å². The van der Waals surface area contributed by atoms with Gasteiger partial charge in [-0.25, -0.2) is 4.68 Å². The summed E-state index contributed by atoms with van der Waals surface area (Å²) in [6, 6.07) is 14.7. The van der Waals surface area contributed by atoms with Gasteiger partial charge in [-0.05, 0) is 23.3 Å². The van der Waals surface area contributed by atoms with Crippen LogP contribution < -0.4 is 5.73 Å². The molecule has 1 aromatic heterocycles. The molecular formula is C15H15N3. The zero-order valence-corrected chi connectivity index (χ0v) is 10.3. The van der Waals surface area contributed by atoms with E-state index in [0.29, 0.717) is 6.54 Å². The van der Waals surface area contributed by atoms with Crippen LogP contribution in [0.2, 0.25) is 0 Å². The van der Waals surface area contributed by atoms with Gasteiger partial charge in [0, 0.05) is 5.56 Å². The molecule has 0 radical (unpaired) electrons. The lowest BCUT2D eigenvalue weighted by Crippen LogP contribution is -2.06. The molecule has 3 heteroatoms. The minimum atomic E-state index is 0.709. The van der Waals surface area contributed by atoms with Crippen molar-refractivity contribution in [1.82, 2.24) is 9.78 Å². The predicted octanol–water partition coefficient (Wildman–Crippen LogP) is 2.98. The van der Waals surface area contributed by atoms with E-state index < -0.39 is 0 Å². The second-order valence-electron chi connectivity index (χ2n) is 4.51. The summed E-state index contributed by atoms with van der Waals surface area (Å²) in [6.45, 7) is 2.68. The van der Waals surface area contributed by atoms with Gasteiger partial charge in [0.25, 0.3) is 0 Å². The molecule has 0 saturated carbocycles. The van der Waals surface area contributed by atoms with E-state index in [9.17, 15) is 0 Å². The molecule has 0 spiro atoms. The Balaban J connectivity index is 2.08. The maximum Gasteiger partial charge on any atom is 0.124 e. The maximum atomic E-state index is 5.99. The van der Waals surface area contributed by atoms with Crippen LogP contribution in [0.15, 0.2) is 48.7 Å². The monoisotopic (exact) mass is 237 g/mol. The number of benzene rings is 2. The van der Waals surface area contributed by atoms with Gasteiger partial charge in [0.2, 0.25) is 0 Å². The average Bonchev–Trinajstić information content (AvgIpc) is 2.71. The molecular weight excluding hydrogens is 222 g/mol. The lowest BCUT2D eigenvalue weighted by molar-refractivity contribution is 0.700. The van der Waals surface area contributed by atoms with E-state index in [1.165, 1.54) is 16.3 Å². The van der Waals surface area contributed by atoms with Crippen molar-refractivity contribution < 1.29 is 0 Å². The third kappa shape index (κ3) is 1.74. The highest BCUT2D eigenvalue weighted by Gasteiger charge is 2.06. The van der Waals surface area contributed by atoms with E-state index in [-0.39, 0.29) is 0 Å². The van der Waals surface area contributed by atoms with E-state index in [0.717, 1.165) is 11.4 Å². The zero-order valence-electron chi connectivity index (χ0n) is 10.3. The van der Waals surface area contributed by atoms with Crippen LogP contribution in [0, 0.1) is 6.92 Å². The van der Waals surface area contributed by atoms with Crippen LogP contribution in [0.4, 0.5) is 5.82 Å². The lowest BCUT2D eigenvalue weighted by atomic mass is 10.0. The number of fused-ring (bicyclic) bond motifs is 1. The highest BCUT2D eigenvalue weighted by atomic mass is 15.3. The third-order valence-electron chi connectivity index (χ3n) is 3.27. The van der Waals surface area contributed by atoms with Crippen molar-refractivity contribution in [3.63, 3.8) is 0 Å². The summed E-state index contributed by atoms with van der Waals surface area (Å²) >= 11 is 0. The van der Waals surface area contributed by atoms with E-state index in [1.807, 2.05) is 11.6 Å². The molecule has 1 heterocycles. The van der Waals surface area contributed by atoms with Gasteiger partial charge in [-0.15, -0.1) is 0 Å². The summed E-state index contributed by atoms with van der Waals surface area (Å²) in [5, 5.41) is 6.81. The van der Waals surface area contributed by atoms with Gasteiger partial charge < -0.3 is 5.73 Å². The number of nitrogens with two attached hydrogens (primary N) is 1. The number of aryl methyl sites for hydroxylation is 1. The fourth-order valence-electron chi connectivity index (χ4n) is 2.21. The van der Waals surface area contributed by atoms with Crippen molar-refractivity contribution in [3.8, 4) is 0 Å². The number of rotatable bonds is 2. The standard InChI is InChI=1S/C15H15N3/c1-11-9-17-18(15(11)16)10-13-7-4-6-12-5-2-3-8-14(12)13/h2-9H,10,16H2,1H3. The Labute approximate surface area is 106 Å². The van der Waals surface area contributed by atoms with Crippen molar-refractivity contribution in [2.24, 2.45) is 0 Å². The highest BCUT2D eigenvalue weighted by Crippen LogP contribution is 2.20. The van der Waals surface area contributed by atoms with E-state index in [2.05, 4.69) is 47.6 Å². The van der Waals surface area contributed by atoms with Gasteiger partial charge in [0.1, 0.15) is 5.82 Å². The summed E-state index contributed by atoms with van der Waals surface area (Å²) < 4.78 is 1.84. The quantitative estimate of drug-likeness (QED) is 0.744. The van der Waals surface area contributed by atoms with Crippen molar-refractivity contribution in [2.75, 3.05) is 5.73 Å². The summed E-state index contributed by atoms with van der Waals surface area (Å²) in [4.78, 5) is 0. The molecule has 0 fully saturated rings. The van der Waals surface area contributed by atoms with Crippen molar-refractivity contribution in [3.05, 3.63) is 59.8 Å². The normalized spacial score (nSPS) is 10.9. The Morgan fingerprint density at radius 3 is 2.67 bits per heavy atom. The van der Waals surface area contributed by atoms with Gasteiger partial charge in [-0.3, -0.25) is 0 Å². The molecule has 3 rings (SSSR count). The van der Waals surface area contributed by atoms with E-state index in [1.54, 1.807) is 6.20 Å². The Morgan fingerprint density at radius 2 is 1.89 bits per heavy atom. The van der Waals surface area contributed by atoms with Gasteiger partial charge in [0.15, 0.2) is 0 Å². The molecule has 0 saturated heterocycles.